The molecule has 2 rings (SSSR count). The predicted molar refractivity (Wildman–Crippen MR) is 101 cm³/mol. The first-order valence-corrected chi connectivity index (χ1v) is 8.22. The summed E-state index contributed by atoms with van der Waals surface area (Å²) in [7, 11) is 6.77. The molecule has 0 aromatic heterocycles. The van der Waals surface area contributed by atoms with Gasteiger partial charge in [-0.05, 0) is 44.6 Å². The number of hydrogen-bond acceptors (Lipinski definition) is 5. The normalized spacial score (nSPS) is 11.3. The van der Waals surface area contributed by atoms with Crippen LogP contribution in [-0.4, -0.2) is 40.6 Å². The summed E-state index contributed by atoms with van der Waals surface area (Å²) in [5.74, 6) is 1.37. The number of ether oxygens (including phenoxy) is 2. The molecular weight excluding hydrogens is 316 g/mol. The van der Waals surface area contributed by atoms with E-state index in [1.54, 1.807) is 21.3 Å². The molecule has 0 unspecified atom stereocenters. The van der Waals surface area contributed by atoms with E-state index in [1.807, 2.05) is 31.3 Å². The summed E-state index contributed by atoms with van der Waals surface area (Å²) in [4.78, 5) is 5.13. The van der Waals surface area contributed by atoms with E-state index in [2.05, 4.69) is 29.5 Å². The van der Waals surface area contributed by atoms with Crippen LogP contribution in [0.2, 0.25) is 0 Å². The Morgan fingerprint density at radius 3 is 2.20 bits per heavy atom. The first-order chi connectivity index (χ1) is 12.1. The molecule has 0 atom stereocenters. The van der Waals surface area contributed by atoms with Crippen LogP contribution in [-0.2, 0) is 11.3 Å². The maximum Gasteiger partial charge on any atom is 0.161 e. The molecule has 0 saturated heterocycles. The number of benzene rings is 2. The van der Waals surface area contributed by atoms with Crippen LogP contribution in [0, 0.1) is 6.92 Å². The lowest BCUT2D eigenvalue weighted by molar-refractivity contribution is 0.214. The number of hydrogen-bond donors (Lipinski definition) is 1. The first-order valence-electron chi connectivity index (χ1n) is 8.22. The van der Waals surface area contributed by atoms with Gasteiger partial charge in [-0.2, -0.15) is 0 Å². The van der Waals surface area contributed by atoms with Crippen molar-refractivity contribution in [3.05, 3.63) is 58.7 Å². The molecule has 0 spiro atoms. The largest absolute Gasteiger partial charge is 0.493 e. The highest BCUT2D eigenvalue weighted by atomic mass is 16.6. The summed E-state index contributed by atoms with van der Waals surface area (Å²) in [5, 5.41) is 7.48. The van der Waals surface area contributed by atoms with Crippen LogP contribution >= 0.6 is 0 Å². The molecule has 0 saturated carbocycles. The van der Waals surface area contributed by atoms with Crippen LogP contribution in [0.4, 0.5) is 0 Å². The molecular formula is C20H26N2O3. The van der Waals surface area contributed by atoms with Gasteiger partial charge >= 0.3 is 0 Å². The van der Waals surface area contributed by atoms with E-state index in [4.69, 9.17) is 14.3 Å². The molecule has 0 amide bonds. The molecule has 2 aromatic carbocycles. The molecule has 0 aliphatic heterocycles. The molecule has 0 heterocycles. The van der Waals surface area contributed by atoms with E-state index >= 15 is 0 Å². The molecule has 134 valence electrons. The van der Waals surface area contributed by atoms with Gasteiger partial charge in [-0.3, -0.25) is 0 Å². The minimum atomic E-state index is 0.668. The van der Waals surface area contributed by atoms with Gasteiger partial charge in [0.05, 0.1) is 14.2 Å². The van der Waals surface area contributed by atoms with Gasteiger partial charge < -0.3 is 19.6 Å². The van der Waals surface area contributed by atoms with Crippen molar-refractivity contribution in [2.45, 2.75) is 13.3 Å². The average molecular weight is 342 g/mol. The van der Waals surface area contributed by atoms with Crippen LogP contribution in [0.5, 0.6) is 11.5 Å². The summed E-state index contributed by atoms with van der Waals surface area (Å²) in [5.41, 5.74) is 5.05. The Hall–Kier alpha value is -2.53. The average Bonchev–Trinajstić information content (AvgIpc) is 2.64. The van der Waals surface area contributed by atoms with E-state index in [0.29, 0.717) is 11.5 Å². The van der Waals surface area contributed by atoms with Crippen LogP contribution in [0.15, 0.2) is 41.6 Å². The number of likely N-dealkylation sites (N-methyl/N-ethyl adjacent to an activating group) is 1. The van der Waals surface area contributed by atoms with Crippen molar-refractivity contribution in [1.82, 2.24) is 5.32 Å². The van der Waals surface area contributed by atoms with Crippen LogP contribution in [0.3, 0.4) is 0 Å². The van der Waals surface area contributed by atoms with E-state index < -0.39 is 0 Å². The monoisotopic (exact) mass is 342 g/mol. The second-order valence-electron chi connectivity index (χ2n) is 5.71. The number of oxime groups is 1. The molecule has 1 N–H and O–H groups in total. The predicted octanol–water partition coefficient (Wildman–Crippen LogP) is 3.17. The minimum absolute atomic E-state index is 0.668. The minimum Gasteiger partial charge on any atom is -0.493 e. The van der Waals surface area contributed by atoms with Crippen LogP contribution in [0.1, 0.15) is 22.3 Å². The smallest absolute Gasteiger partial charge is 0.161 e. The molecule has 5 nitrogen and oxygen atoms in total. The second kappa shape index (κ2) is 9.08. The summed E-state index contributed by atoms with van der Waals surface area (Å²) < 4.78 is 10.9. The van der Waals surface area contributed by atoms with Crippen molar-refractivity contribution < 1.29 is 14.3 Å². The van der Waals surface area contributed by atoms with Gasteiger partial charge in [-0.15, -0.1) is 0 Å². The maximum absolute atomic E-state index is 5.48. The van der Waals surface area contributed by atoms with Crippen molar-refractivity contribution >= 4 is 5.71 Å². The number of nitrogens with one attached hydrogen (secondary N) is 1. The highest BCUT2D eigenvalue weighted by Gasteiger charge is 2.17. The number of aryl methyl sites for hydroxylation is 1. The Balaban J connectivity index is 2.61. The van der Waals surface area contributed by atoms with E-state index in [9.17, 15) is 0 Å². The lowest BCUT2D eigenvalue weighted by Gasteiger charge is -2.16. The molecule has 5 heteroatoms. The molecule has 0 aliphatic rings. The Bertz CT molecular complexity index is 724. The zero-order valence-corrected chi connectivity index (χ0v) is 15.6. The third kappa shape index (κ3) is 4.51. The van der Waals surface area contributed by atoms with E-state index in [0.717, 1.165) is 35.4 Å². The zero-order chi connectivity index (χ0) is 18.2. The highest BCUT2D eigenvalue weighted by Crippen LogP contribution is 2.32. The Morgan fingerprint density at radius 2 is 1.64 bits per heavy atom. The fourth-order valence-electron chi connectivity index (χ4n) is 2.67. The van der Waals surface area contributed by atoms with E-state index in [1.165, 1.54) is 5.56 Å². The van der Waals surface area contributed by atoms with Gasteiger partial charge in [-0.1, -0.05) is 35.0 Å². The van der Waals surface area contributed by atoms with Gasteiger partial charge in [0.1, 0.15) is 12.8 Å². The van der Waals surface area contributed by atoms with Crippen LogP contribution in [0.25, 0.3) is 0 Å². The van der Waals surface area contributed by atoms with Gasteiger partial charge in [0.2, 0.25) is 0 Å². The third-order valence-corrected chi connectivity index (χ3v) is 4.02. The quantitative estimate of drug-likeness (QED) is 0.591. The summed E-state index contributed by atoms with van der Waals surface area (Å²) in [6.07, 6.45) is 0.834. The lowest BCUT2D eigenvalue weighted by Crippen LogP contribution is -2.15. The fraction of sp³-hybridized carbons (Fsp3) is 0.350. The Labute approximate surface area is 149 Å². The third-order valence-electron chi connectivity index (χ3n) is 4.02. The van der Waals surface area contributed by atoms with Gasteiger partial charge in [-0.25, -0.2) is 0 Å². The zero-order valence-electron chi connectivity index (χ0n) is 15.6. The van der Waals surface area contributed by atoms with Crippen molar-refractivity contribution in [3.63, 3.8) is 0 Å². The van der Waals surface area contributed by atoms with Gasteiger partial charge in [0.25, 0.3) is 0 Å². The topological polar surface area (TPSA) is 52.1 Å². The number of methoxy groups -OCH3 is 2. The second-order valence-corrected chi connectivity index (χ2v) is 5.71. The summed E-state index contributed by atoms with van der Waals surface area (Å²) >= 11 is 0. The summed E-state index contributed by atoms with van der Waals surface area (Å²) in [6, 6.07) is 12.2. The van der Waals surface area contributed by atoms with Crippen molar-refractivity contribution in [3.8, 4) is 11.5 Å². The van der Waals surface area contributed by atoms with Crippen molar-refractivity contribution in [2.75, 3.05) is 34.9 Å². The first kappa shape index (κ1) is 18.8. The van der Waals surface area contributed by atoms with E-state index in [-0.39, 0.29) is 0 Å². The number of rotatable bonds is 8. The Morgan fingerprint density at radius 1 is 1.00 bits per heavy atom. The van der Waals surface area contributed by atoms with Crippen molar-refractivity contribution in [1.29, 1.82) is 0 Å². The van der Waals surface area contributed by atoms with Crippen LogP contribution < -0.4 is 14.8 Å². The molecule has 0 aliphatic carbocycles. The lowest BCUT2D eigenvalue weighted by atomic mass is 9.94. The maximum atomic E-state index is 5.48. The van der Waals surface area contributed by atoms with Gasteiger partial charge in [0.15, 0.2) is 11.5 Å². The molecule has 0 bridgehead atoms. The SMILES string of the molecule is CNCCc1cc(OC)c(OC)cc1/C(=N\OC)c1ccc(C)cc1. The highest BCUT2D eigenvalue weighted by molar-refractivity contribution is 6.13. The Kier molecular flexibility index (Phi) is 6.83. The molecule has 2 aromatic rings. The van der Waals surface area contributed by atoms with Gasteiger partial charge in [0, 0.05) is 11.1 Å². The molecule has 0 radical (unpaired) electrons. The number of nitrogens with zero attached hydrogens (tertiary/aromatic N) is 1. The summed E-state index contributed by atoms with van der Waals surface area (Å²) in [6.45, 7) is 2.91. The standard InChI is InChI=1S/C20H26N2O3/c1-14-6-8-15(9-7-14)20(22-25-5)17-13-19(24-4)18(23-3)12-16(17)10-11-21-2/h6-9,12-13,21H,10-11H2,1-5H3/b22-20-. The fourth-order valence-corrected chi connectivity index (χ4v) is 2.67. The van der Waals surface area contributed by atoms with Crippen molar-refractivity contribution in [2.24, 2.45) is 5.16 Å². The molecule has 25 heavy (non-hydrogen) atoms. The molecule has 0 fully saturated rings.